The number of unbranched alkanes of at least 4 members (excludes halogenated alkanes) is 1. The molecule has 1 fully saturated rings. The number of rotatable bonds is 14. The minimum absolute atomic E-state index is 0.0306. The lowest BCUT2D eigenvalue weighted by atomic mass is 10.1. The van der Waals surface area contributed by atoms with Crippen LogP contribution in [0.5, 0.6) is 0 Å². The number of hydrogen-bond acceptors (Lipinski definition) is 6. The van der Waals surface area contributed by atoms with Crippen molar-refractivity contribution >= 4 is 33.6 Å². The number of nitrogens with zero attached hydrogens (tertiary/aromatic N) is 2. The number of hydrogen-bond donors (Lipinski definition) is 6. The van der Waals surface area contributed by atoms with E-state index in [0.29, 0.717) is 49.9 Å². The fourth-order valence-corrected chi connectivity index (χ4v) is 5.93. The molecule has 40 heavy (non-hydrogen) atoms. The van der Waals surface area contributed by atoms with Gasteiger partial charge >= 0.3 is 0 Å². The van der Waals surface area contributed by atoms with E-state index in [1.165, 1.54) is 4.90 Å². The highest BCUT2D eigenvalue weighted by molar-refractivity contribution is 7.88. The molecule has 2 amide bonds. The van der Waals surface area contributed by atoms with E-state index in [2.05, 4.69) is 15.0 Å². The molecule has 1 heterocycles. The van der Waals surface area contributed by atoms with Crippen molar-refractivity contribution in [1.82, 2.24) is 14.9 Å². The molecule has 1 aliphatic rings. The summed E-state index contributed by atoms with van der Waals surface area (Å²) < 4.78 is 28.6. The van der Waals surface area contributed by atoms with Crippen molar-refractivity contribution in [1.29, 1.82) is 5.41 Å². The minimum atomic E-state index is -3.85. The summed E-state index contributed by atoms with van der Waals surface area (Å²) in [5, 5.41) is 10.4. The van der Waals surface area contributed by atoms with Gasteiger partial charge < -0.3 is 27.4 Å². The highest BCUT2D eigenvalue weighted by atomic mass is 32.2. The Kier molecular flexibility index (Phi) is 11.0. The van der Waals surface area contributed by atoms with Crippen LogP contribution < -0.4 is 27.2 Å². The van der Waals surface area contributed by atoms with Gasteiger partial charge in [0.25, 0.3) is 0 Å². The number of nitrogen functional groups attached to an aromatic ring is 1. The van der Waals surface area contributed by atoms with Crippen LogP contribution in [0.4, 0.5) is 0 Å². The highest BCUT2D eigenvalue weighted by Crippen LogP contribution is 2.21. The van der Waals surface area contributed by atoms with E-state index in [9.17, 15) is 18.0 Å². The Bertz CT molecular complexity index is 1300. The van der Waals surface area contributed by atoms with Crippen molar-refractivity contribution in [2.24, 2.45) is 22.2 Å². The standard InChI is InChI=1S/C27H38N8O4S/c28-24(29)21-13-11-19(12-14-21)17-33-25(36)23-10-6-16-35(23)26(37)22(9-4-5-15-32-27(30)31)34-40(38,39)18-20-7-2-1-3-8-20/h1-3,7-8,11-14,22-23,34H,4-6,9-10,15-18H2,(H3,28,29)(H,33,36)(H4,30,31,32)/t22-,23+/m1/s1. The van der Waals surface area contributed by atoms with Crippen LogP contribution in [0.3, 0.4) is 0 Å². The zero-order valence-electron chi connectivity index (χ0n) is 22.4. The number of carbonyl (C=O) groups excluding carboxylic acids is 2. The lowest BCUT2D eigenvalue weighted by molar-refractivity contribution is -0.139. The molecule has 3 rings (SSSR count). The van der Waals surface area contributed by atoms with Crippen molar-refractivity contribution < 1.29 is 18.0 Å². The van der Waals surface area contributed by atoms with E-state index >= 15 is 0 Å². The van der Waals surface area contributed by atoms with Gasteiger partial charge in [0.2, 0.25) is 21.8 Å². The maximum Gasteiger partial charge on any atom is 0.243 e. The third-order valence-electron chi connectivity index (χ3n) is 6.58. The number of nitrogens with two attached hydrogens (primary N) is 3. The van der Waals surface area contributed by atoms with E-state index in [-0.39, 0.29) is 36.4 Å². The van der Waals surface area contributed by atoms with Crippen LogP contribution in [-0.2, 0) is 31.9 Å². The van der Waals surface area contributed by atoms with Gasteiger partial charge in [-0.2, -0.15) is 0 Å². The van der Waals surface area contributed by atoms with E-state index in [4.69, 9.17) is 22.6 Å². The maximum absolute atomic E-state index is 13.7. The van der Waals surface area contributed by atoms with Crippen molar-refractivity contribution in [2.45, 2.75) is 56.5 Å². The predicted octanol–water partition coefficient (Wildman–Crippen LogP) is 0.510. The summed E-state index contributed by atoms with van der Waals surface area (Å²) in [6.07, 6.45) is 2.41. The third kappa shape index (κ3) is 9.35. The molecule has 0 aromatic heterocycles. The van der Waals surface area contributed by atoms with Crippen LogP contribution in [0.2, 0.25) is 0 Å². The summed E-state index contributed by atoms with van der Waals surface area (Å²) in [6, 6.07) is 13.9. The van der Waals surface area contributed by atoms with Crippen molar-refractivity contribution in [3.05, 3.63) is 71.3 Å². The summed E-state index contributed by atoms with van der Waals surface area (Å²) in [6.45, 7) is 0.963. The van der Waals surface area contributed by atoms with Crippen LogP contribution in [0.25, 0.3) is 0 Å². The van der Waals surface area contributed by atoms with E-state index in [1.54, 1.807) is 54.6 Å². The Morgan fingerprint density at radius 1 is 1.02 bits per heavy atom. The molecule has 0 aliphatic carbocycles. The molecule has 1 saturated heterocycles. The van der Waals surface area contributed by atoms with Gasteiger partial charge in [-0.1, -0.05) is 54.6 Å². The average molecular weight is 571 g/mol. The second kappa shape index (κ2) is 14.4. The topological polar surface area (TPSA) is 210 Å². The molecule has 0 spiro atoms. The zero-order chi connectivity index (χ0) is 29.1. The zero-order valence-corrected chi connectivity index (χ0v) is 23.2. The van der Waals surface area contributed by atoms with Gasteiger partial charge in [-0.25, -0.2) is 13.1 Å². The fourth-order valence-electron chi connectivity index (χ4n) is 4.57. The van der Waals surface area contributed by atoms with Gasteiger partial charge in [0, 0.05) is 25.2 Å². The number of nitrogens with one attached hydrogen (secondary N) is 3. The van der Waals surface area contributed by atoms with Crippen LogP contribution in [0.15, 0.2) is 59.6 Å². The number of guanidine groups is 1. The normalized spacial score (nSPS) is 15.8. The van der Waals surface area contributed by atoms with Gasteiger partial charge in [0.05, 0.1) is 5.75 Å². The summed E-state index contributed by atoms with van der Waals surface area (Å²) in [5.41, 5.74) is 18.2. The first-order chi connectivity index (χ1) is 19.1. The summed E-state index contributed by atoms with van der Waals surface area (Å²) >= 11 is 0. The molecular formula is C27H38N8O4S. The van der Waals surface area contributed by atoms with Crippen LogP contribution >= 0.6 is 0 Å². The predicted molar refractivity (Wildman–Crippen MR) is 155 cm³/mol. The van der Waals surface area contributed by atoms with Crippen molar-refractivity contribution in [3.8, 4) is 0 Å². The number of amides is 2. The molecule has 1 aliphatic heterocycles. The summed E-state index contributed by atoms with van der Waals surface area (Å²) in [5.74, 6) is -1.07. The van der Waals surface area contributed by atoms with Gasteiger partial charge in [0.1, 0.15) is 17.9 Å². The monoisotopic (exact) mass is 570 g/mol. The first kappa shape index (κ1) is 30.6. The lowest BCUT2D eigenvalue weighted by Gasteiger charge is -2.28. The summed E-state index contributed by atoms with van der Waals surface area (Å²) in [7, 11) is -3.85. The minimum Gasteiger partial charge on any atom is -0.384 e. The quantitative estimate of drug-likeness (QED) is 0.108. The molecule has 2 aromatic rings. The number of likely N-dealkylation sites (tertiary alicyclic amines) is 1. The van der Waals surface area contributed by atoms with E-state index < -0.39 is 28.0 Å². The van der Waals surface area contributed by atoms with Gasteiger partial charge in [-0.15, -0.1) is 0 Å². The lowest BCUT2D eigenvalue weighted by Crippen LogP contribution is -2.53. The molecule has 2 aromatic carbocycles. The van der Waals surface area contributed by atoms with Crippen LogP contribution in [0, 0.1) is 5.41 Å². The fraction of sp³-hybridized carbons (Fsp3) is 0.407. The molecule has 216 valence electrons. The second-order valence-electron chi connectivity index (χ2n) is 9.74. The number of sulfonamides is 1. The van der Waals surface area contributed by atoms with Gasteiger partial charge in [0.15, 0.2) is 5.96 Å². The molecule has 12 nitrogen and oxygen atoms in total. The van der Waals surface area contributed by atoms with E-state index in [0.717, 1.165) is 5.56 Å². The largest absolute Gasteiger partial charge is 0.384 e. The number of carbonyl (C=O) groups is 2. The van der Waals surface area contributed by atoms with Crippen LogP contribution in [0.1, 0.15) is 48.8 Å². The average Bonchev–Trinajstić information content (AvgIpc) is 3.41. The van der Waals surface area contributed by atoms with E-state index in [1.807, 2.05) is 0 Å². The van der Waals surface area contributed by atoms with Crippen molar-refractivity contribution in [3.63, 3.8) is 0 Å². The molecule has 0 unspecified atom stereocenters. The van der Waals surface area contributed by atoms with Crippen LogP contribution in [-0.4, -0.2) is 62.1 Å². The Morgan fingerprint density at radius 3 is 2.38 bits per heavy atom. The molecule has 0 bridgehead atoms. The Morgan fingerprint density at radius 2 is 1.73 bits per heavy atom. The molecule has 2 atom stereocenters. The Hall–Kier alpha value is -3.97. The Balaban J connectivity index is 1.68. The Labute approximate surface area is 235 Å². The third-order valence-corrected chi connectivity index (χ3v) is 7.94. The smallest absolute Gasteiger partial charge is 0.243 e. The second-order valence-corrected chi connectivity index (χ2v) is 11.5. The molecule has 0 radical (unpaired) electrons. The van der Waals surface area contributed by atoms with Gasteiger partial charge in [-0.05, 0) is 43.2 Å². The highest BCUT2D eigenvalue weighted by Gasteiger charge is 2.38. The number of amidine groups is 1. The number of aliphatic imine (C=N–C) groups is 1. The SMILES string of the molecule is N=C(N)c1ccc(CNC(=O)[C@@H]2CCCN2C(=O)[C@@H](CCCCN=C(N)N)NS(=O)(=O)Cc2ccccc2)cc1. The molecule has 9 N–H and O–H groups in total. The first-order valence-corrected chi connectivity index (χ1v) is 14.8. The maximum atomic E-state index is 13.7. The van der Waals surface area contributed by atoms with Crippen molar-refractivity contribution in [2.75, 3.05) is 13.1 Å². The molecular weight excluding hydrogens is 532 g/mol. The molecule has 0 saturated carbocycles. The number of benzene rings is 2. The first-order valence-electron chi connectivity index (χ1n) is 13.2. The van der Waals surface area contributed by atoms with Gasteiger partial charge in [-0.3, -0.25) is 20.0 Å². The summed E-state index contributed by atoms with van der Waals surface area (Å²) in [4.78, 5) is 32.2. The molecule has 13 heteroatoms.